The molecule has 108 valence electrons. The van der Waals surface area contributed by atoms with Crippen LogP contribution in [-0.2, 0) is 12.0 Å². The van der Waals surface area contributed by atoms with Gasteiger partial charge in [-0.25, -0.2) is 4.68 Å². The summed E-state index contributed by atoms with van der Waals surface area (Å²) in [5.41, 5.74) is 2.82. The third kappa shape index (κ3) is 2.90. The Morgan fingerprint density at radius 1 is 1.25 bits per heavy atom. The molecule has 1 heterocycles. The second-order valence-electron chi connectivity index (χ2n) is 6.12. The smallest absolute Gasteiger partial charge is 0.123 e. The molecule has 0 saturated heterocycles. The molecule has 1 atom stereocenters. The second kappa shape index (κ2) is 5.75. The SMILES string of the molecule is CCCn1nncc1C(O)c1ccccc1C(C)(C)C. The molecule has 2 aromatic rings. The van der Waals surface area contributed by atoms with Crippen molar-refractivity contribution in [2.75, 3.05) is 0 Å². The minimum absolute atomic E-state index is 0.0133. The lowest BCUT2D eigenvalue weighted by Crippen LogP contribution is -2.18. The van der Waals surface area contributed by atoms with Crippen LogP contribution in [0.25, 0.3) is 0 Å². The summed E-state index contributed by atoms with van der Waals surface area (Å²) in [5, 5.41) is 18.7. The van der Waals surface area contributed by atoms with Gasteiger partial charge in [0, 0.05) is 6.54 Å². The van der Waals surface area contributed by atoms with Crippen molar-refractivity contribution in [1.82, 2.24) is 15.0 Å². The fourth-order valence-corrected chi connectivity index (χ4v) is 2.44. The van der Waals surface area contributed by atoms with E-state index in [4.69, 9.17) is 0 Å². The third-order valence-corrected chi connectivity index (χ3v) is 3.43. The van der Waals surface area contributed by atoms with Crippen LogP contribution in [0.1, 0.15) is 57.0 Å². The normalized spacial score (nSPS) is 13.4. The van der Waals surface area contributed by atoms with Gasteiger partial charge in [0.05, 0.1) is 11.9 Å². The maximum Gasteiger partial charge on any atom is 0.123 e. The maximum absolute atomic E-state index is 10.7. The van der Waals surface area contributed by atoms with E-state index in [-0.39, 0.29) is 5.41 Å². The van der Waals surface area contributed by atoms with Crippen molar-refractivity contribution >= 4 is 0 Å². The monoisotopic (exact) mass is 273 g/mol. The van der Waals surface area contributed by atoms with Crippen LogP contribution in [0.5, 0.6) is 0 Å². The van der Waals surface area contributed by atoms with Crippen LogP contribution in [0.15, 0.2) is 30.5 Å². The van der Waals surface area contributed by atoms with Gasteiger partial charge in [-0.15, -0.1) is 5.10 Å². The van der Waals surface area contributed by atoms with E-state index >= 15 is 0 Å². The molecule has 0 saturated carbocycles. The highest BCUT2D eigenvalue weighted by Gasteiger charge is 2.24. The largest absolute Gasteiger partial charge is 0.382 e. The topological polar surface area (TPSA) is 50.9 Å². The van der Waals surface area contributed by atoms with Gasteiger partial charge in [-0.3, -0.25) is 0 Å². The Labute approximate surface area is 120 Å². The molecule has 1 unspecified atom stereocenters. The summed E-state index contributed by atoms with van der Waals surface area (Å²) >= 11 is 0. The zero-order chi connectivity index (χ0) is 14.8. The van der Waals surface area contributed by atoms with Crippen LogP contribution in [-0.4, -0.2) is 20.1 Å². The quantitative estimate of drug-likeness (QED) is 0.931. The predicted molar refractivity (Wildman–Crippen MR) is 79.5 cm³/mol. The van der Waals surface area contributed by atoms with Crippen molar-refractivity contribution in [1.29, 1.82) is 0 Å². The van der Waals surface area contributed by atoms with Crippen LogP contribution < -0.4 is 0 Å². The van der Waals surface area contributed by atoms with Crippen LogP contribution in [0.3, 0.4) is 0 Å². The lowest BCUT2D eigenvalue weighted by Gasteiger charge is -2.25. The summed E-state index contributed by atoms with van der Waals surface area (Å²) < 4.78 is 1.78. The Balaban J connectivity index is 2.43. The standard InChI is InChI=1S/C16H23N3O/c1-5-10-19-14(11-17-18-19)15(20)12-8-6-7-9-13(12)16(2,3)4/h6-9,11,15,20H,5,10H2,1-4H3. The Kier molecular flexibility index (Phi) is 4.23. The molecule has 0 aliphatic heterocycles. The van der Waals surface area contributed by atoms with E-state index in [1.54, 1.807) is 10.9 Å². The maximum atomic E-state index is 10.7. The van der Waals surface area contributed by atoms with Crippen molar-refractivity contribution < 1.29 is 5.11 Å². The number of hydrogen-bond donors (Lipinski definition) is 1. The summed E-state index contributed by atoms with van der Waals surface area (Å²) in [6.45, 7) is 9.31. The molecule has 0 aliphatic carbocycles. The Hall–Kier alpha value is -1.68. The molecule has 1 aromatic carbocycles. The van der Waals surface area contributed by atoms with E-state index in [1.165, 1.54) is 0 Å². The van der Waals surface area contributed by atoms with E-state index in [9.17, 15) is 5.11 Å². The average Bonchev–Trinajstić information content (AvgIpc) is 2.85. The van der Waals surface area contributed by atoms with Crippen LogP contribution in [0.2, 0.25) is 0 Å². The first-order valence-corrected chi connectivity index (χ1v) is 7.11. The van der Waals surface area contributed by atoms with Crippen molar-refractivity contribution in [2.45, 2.75) is 52.2 Å². The molecule has 1 N–H and O–H groups in total. The van der Waals surface area contributed by atoms with Gasteiger partial charge in [0.25, 0.3) is 0 Å². The van der Waals surface area contributed by atoms with Crippen molar-refractivity contribution in [3.63, 3.8) is 0 Å². The van der Waals surface area contributed by atoms with Gasteiger partial charge in [0.1, 0.15) is 6.10 Å². The highest BCUT2D eigenvalue weighted by molar-refractivity contribution is 5.37. The van der Waals surface area contributed by atoms with Crippen molar-refractivity contribution in [3.8, 4) is 0 Å². The van der Waals surface area contributed by atoms with E-state index in [1.807, 2.05) is 18.2 Å². The number of nitrogens with zero attached hydrogens (tertiary/aromatic N) is 3. The molecular formula is C16H23N3O. The molecule has 0 aliphatic rings. The number of hydrogen-bond acceptors (Lipinski definition) is 3. The predicted octanol–water partition coefficient (Wildman–Crippen LogP) is 3.07. The minimum atomic E-state index is -0.688. The molecule has 20 heavy (non-hydrogen) atoms. The molecule has 4 heteroatoms. The first kappa shape index (κ1) is 14.7. The molecule has 1 aromatic heterocycles. The summed E-state index contributed by atoms with van der Waals surface area (Å²) in [6, 6.07) is 8.03. The summed E-state index contributed by atoms with van der Waals surface area (Å²) in [5.74, 6) is 0. The van der Waals surface area contributed by atoms with E-state index in [2.05, 4.69) is 44.1 Å². The number of aryl methyl sites for hydroxylation is 1. The van der Waals surface area contributed by atoms with Gasteiger partial charge in [0.2, 0.25) is 0 Å². The molecule has 0 radical (unpaired) electrons. The zero-order valence-electron chi connectivity index (χ0n) is 12.7. The molecule has 0 spiro atoms. The van der Waals surface area contributed by atoms with Crippen molar-refractivity contribution in [3.05, 3.63) is 47.3 Å². The van der Waals surface area contributed by atoms with Gasteiger partial charge in [-0.2, -0.15) is 0 Å². The first-order chi connectivity index (χ1) is 9.45. The highest BCUT2D eigenvalue weighted by Crippen LogP contribution is 2.32. The highest BCUT2D eigenvalue weighted by atomic mass is 16.3. The molecule has 0 amide bonds. The Bertz CT molecular complexity index is 569. The number of rotatable bonds is 4. The number of aliphatic hydroxyl groups excluding tert-OH is 1. The van der Waals surface area contributed by atoms with Crippen molar-refractivity contribution in [2.24, 2.45) is 0 Å². The Morgan fingerprint density at radius 2 is 1.95 bits per heavy atom. The molecule has 0 fully saturated rings. The van der Waals surface area contributed by atoms with E-state index < -0.39 is 6.10 Å². The van der Waals surface area contributed by atoms with E-state index in [0.717, 1.165) is 29.8 Å². The second-order valence-corrected chi connectivity index (χ2v) is 6.12. The van der Waals surface area contributed by atoms with Crippen LogP contribution >= 0.6 is 0 Å². The van der Waals surface area contributed by atoms with Gasteiger partial charge >= 0.3 is 0 Å². The number of aliphatic hydroxyl groups is 1. The zero-order valence-corrected chi connectivity index (χ0v) is 12.7. The molecule has 0 bridgehead atoms. The van der Waals surface area contributed by atoms with Gasteiger partial charge in [-0.1, -0.05) is 57.2 Å². The van der Waals surface area contributed by atoms with Gasteiger partial charge in [0.15, 0.2) is 0 Å². The fraction of sp³-hybridized carbons (Fsp3) is 0.500. The summed E-state index contributed by atoms with van der Waals surface area (Å²) in [4.78, 5) is 0. The van der Waals surface area contributed by atoms with Gasteiger partial charge < -0.3 is 5.11 Å². The lowest BCUT2D eigenvalue weighted by atomic mass is 9.82. The lowest BCUT2D eigenvalue weighted by molar-refractivity contribution is 0.204. The summed E-state index contributed by atoms with van der Waals surface area (Å²) in [6.07, 6.45) is 1.93. The number of aromatic nitrogens is 3. The van der Waals surface area contributed by atoms with Gasteiger partial charge in [-0.05, 0) is 23.0 Å². The Morgan fingerprint density at radius 3 is 2.60 bits per heavy atom. The minimum Gasteiger partial charge on any atom is -0.382 e. The van der Waals surface area contributed by atoms with Crippen LogP contribution in [0, 0.1) is 0 Å². The first-order valence-electron chi connectivity index (χ1n) is 7.11. The average molecular weight is 273 g/mol. The number of benzene rings is 1. The van der Waals surface area contributed by atoms with E-state index in [0.29, 0.717) is 0 Å². The molecule has 4 nitrogen and oxygen atoms in total. The molecular weight excluding hydrogens is 250 g/mol. The van der Waals surface area contributed by atoms with Crippen LogP contribution in [0.4, 0.5) is 0 Å². The molecule has 2 rings (SSSR count). The summed E-state index contributed by atoms with van der Waals surface area (Å²) in [7, 11) is 0. The fourth-order valence-electron chi connectivity index (χ4n) is 2.44. The third-order valence-electron chi connectivity index (χ3n) is 3.43.